The lowest BCUT2D eigenvalue weighted by atomic mass is 9.85. The van der Waals surface area contributed by atoms with E-state index in [0.717, 1.165) is 0 Å². The number of guanidine groups is 1. The number of rotatable bonds is 5. The summed E-state index contributed by atoms with van der Waals surface area (Å²) in [5.41, 5.74) is 15.3. The molecular formula is C12H26N4O8. The molecule has 12 heteroatoms. The van der Waals surface area contributed by atoms with E-state index in [2.05, 4.69) is 4.99 Å². The Morgan fingerprint density at radius 2 is 1.21 bits per heavy atom. The van der Waals surface area contributed by atoms with Crippen LogP contribution in [0.2, 0.25) is 0 Å². The summed E-state index contributed by atoms with van der Waals surface area (Å²) in [6, 6.07) is -0.820. The highest BCUT2D eigenvalue weighted by molar-refractivity contribution is 5.75. The number of carbonyl (C=O) groups is 1. The molecule has 0 spiro atoms. The van der Waals surface area contributed by atoms with Crippen LogP contribution in [0.25, 0.3) is 0 Å². The van der Waals surface area contributed by atoms with Gasteiger partial charge in [-0.3, -0.25) is 9.79 Å². The Kier molecular flexibility index (Phi) is 9.69. The van der Waals surface area contributed by atoms with Crippen molar-refractivity contribution < 1.29 is 40.5 Å². The maximum Gasteiger partial charge on any atom is 0.320 e. The molecule has 1 saturated carbocycles. The molecule has 142 valence electrons. The third kappa shape index (κ3) is 6.92. The lowest BCUT2D eigenvalue weighted by Crippen LogP contribution is -2.63. The Morgan fingerprint density at radius 3 is 1.46 bits per heavy atom. The van der Waals surface area contributed by atoms with Crippen molar-refractivity contribution in [2.75, 3.05) is 6.54 Å². The van der Waals surface area contributed by atoms with Gasteiger partial charge in [-0.25, -0.2) is 0 Å². The average molecular weight is 354 g/mol. The second-order valence-electron chi connectivity index (χ2n) is 5.34. The molecule has 1 rings (SSSR count). The van der Waals surface area contributed by atoms with Crippen LogP contribution >= 0.6 is 0 Å². The average Bonchev–Trinajstić information content (AvgIpc) is 2.53. The number of aliphatic hydroxyl groups is 6. The Balaban J connectivity index is 0.000000441. The minimum atomic E-state index is -1.64. The summed E-state index contributed by atoms with van der Waals surface area (Å²) >= 11 is 0. The first-order valence-electron chi connectivity index (χ1n) is 7.12. The molecule has 13 N–H and O–H groups in total. The van der Waals surface area contributed by atoms with Crippen molar-refractivity contribution in [3.63, 3.8) is 0 Å². The molecule has 0 bridgehead atoms. The van der Waals surface area contributed by atoms with Gasteiger partial charge < -0.3 is 52.9 Å². The van der Waals surface area contributed by atoms with E-state index in [1.54, 1.807) is 0 Å². The first-order valence-corrected chi connectivity index (χ1v) is 7.12. The van der Waals surface area contributed by atoms with Crippen LogP contribution in [-0.2, 0) is 4.79 Å². The molecule has 0 aromatic carbocycles. The monoisotopic (exact) mass is 354 g/mol. The van der Waals surface area contributed by atoms with Gasteiger partial charge >= 0.3 is 5.97 Å². The predicted molar refractivity (Wildman–Crippen MR) is 81.6 cm³/mol. The summed E-state index contributed by atoms with van der Waals surface area (Å²) in [4.78, 5) is 13.9. The first-order chi connectivity index (χ1) is 11.0. The molecule has 0 aliphatic heterocycles. The number of nitrogens with zero attached hydrogens (tertiary/aromatic N) is 1. The summed E-state index contributed by atoms with van der Waals surface area (Å²) in [5.74, 6) is -0.987. The van der Waals surface area contributed by atoms with Crippen LogP contribution in [0.15, 0.2) is 4.99 Å². The van der Waals surface area contributed by atoms with E-state index in [9.17, 15) is 4.79 Å². The molecule has 0 radical (unpaired) electrons. The topological polar surface area (TPSA) is 249 Å². The van der Waals surface area contributed by atoms with Gasteiger partial charge in [0, 0.05) is 6.54 Å². The van der Waals surface area contributed by atoms with E-state index in [-0.39, 0.29) is 5.96 Å². The second kappa shape index (κ2) is 10.4. The van der Waals surface area contributed by atoms with Crippen molar-refractivity contribution in [2.24, 2.45) is 22.2 Å². The van der Waals surface area contributed by atoms with Crippen molar-refractivity contribution in [3.05, 3.63) is 0 Å². The fourth-order valence-electron chi connectivity index (χ4n) is 1.85. The van der Waals surface area contributed by atoms with Crippen molar-refractivity contribution in [3.8, 4) is 0 Å². The summed E-state index contributed by atoms with van der Waals surface area (Å²) in [6.07, 6.45) is -8.89. The molecule has 0 aromatic rings. The molecule has 1 aliphatic carbocycles. The molecule has 0 heterocycles. The molecule has 24 heavy (non-hydrogen) atoms. The molecule has 1 aliphatic rings. The quantitative estimate of drug-likeness (QED) is 0.127. The van der Waals surface area contributed by atoms with Gasteiger partial charge in [0.15, 0.2) is 5.96 Å². The Bertz CT molecular complexity index is 361. The van der Waals surface area contributed by atoms with Crippen LogP contribution in [-0.4, -0.2) is 96.9 Å². The number of hydrogen-bond acceptors (Lipinski definition) is 9. The highest BCUT2D eigenvalue weighted by atomic mass is 16.4. The summed E-state index contributed by atoms with van der Waals surface area (Å²) < 4.78 is 0. The fraction of sp³-hybridized carbons (Fsp3) is 0.833. The second-order valence-corrected chi connectivity index (χ2v) is 5.34. The van der Waals surface area contributed by atoms with Crippen molar-refractivity contribution >= 4 is 11.9 Å². The third-order valence-corrected chi connectivity index (χ3v) is 3.38. The van der Waals surface area contributed by atoms with E-state index < -0.39 is 48.6 Å². The normalized spacial score (nSPS) is 33.8. The van der Waals surface area contributed by atoms with Gasteiger partial charge in [-0.1, -0.05) is 0 Å². The zero-order valence-electron chi connectivity index (χ0n) is 12.9. The minimum Gasteiger partial charge on any atom is -0.480 e. The minimum absolute atomic E-state index is 0.0129. The molecule has 12 nitrogen and oxygen atoms in total. The van der Waals surface area contributed by atoms with E-state index in [0.29, 0.717) is 19.4 Å². The number of nitrogens with two attached hydrogens (primary N) is 3. The lowest BCUT2D eigenvalue weighted by molar-refractivity contribution is -0.223. The van der Waals surface area contributed by atoms with Crippen molar-refractivity contribution in [1.29, 1.82) is 0 Å². The summed E-state index contributed by atoms with van der Waals surface area (Å²) in [5, 5.41) is 62.2. The molecule has 1 atom stereocenters. The molecule has 0 amide bonds. The van der Waals surface area contributed by atoms with E-state index in [1.165, 1.54) is 0 Å². The van der Waals surface area contributed by atoms with Crippen LogP contribution in [0.4, 0.5) is 0 Å². The molecular weight excluding hydrogens is 328 g/mol. The predicted octanol–water partition coefficient (Wildman–Crippen LogP) is -5.38. The number of aliphatic hydroxyl groups excluding tert-OH is 6. The number of aliphatic imine (C=N–C) groups is 1. The van der Waals surface area contributed by atoms with Crippen LogP contribution in [0, 0.1) is 0 Å². The van der Waals surface area contributed by atoms with Crippen molar-refractivity contribution in [2.45, 2.75) is 55.5 Å². The Morgan fingerprint density at radius 1 is 0.875 bits per heavy atom. The highest BCUT2D eigenvalue weighted by Crippen LogP contribution is 2.20. The van der Waals surface area contributed by atoms with Crippen LogP contribution in [0.5, 0.6) is 0 Å². The first kappa shape index (κ1) is 22.5. The van der Waals surface area contributed by atoms with Crippen LogP contribution < -0.4 is 17.2 Å². The molecule has 0 aromatic heterocycles. The van der Waals surface area contributed by atoms with E-state index in [1.807, 2.05) is 0 Å². The third-order valence-electron chi connectivity index (χ3n) is 3.38. The molecule has 0 saturated heterocycles. The number of hydrogen-bond donors (Lipinski definition) is 10. The molecule has 1 fully saturated rings. The fourth-order valence-corrected chi connectivity index (χ4v) is 1.85. The lowest BCUT2D eigenvalue weighted by Gasteiger charge is -2.39. The zero-order valence-corrected chi connectivity index (χ0v) is 12.9. The van der Waals surface area contributed by atoms with E-state index >= 15 is 0 Å². The van der Waals surface area contributed by atoms with Gasteiger partial charge in [-0.05, 0) is 12.8 Å². The van der Waals surface area contributed by atoms with Crippen LogP contribution in [0.3, 0.4) is 0 Å². The maximum atomic E-state index is 10.2. The Labute approximate surface area is 137 Å². The standard InChI is InChI=1S/C6H14N4O2.C6H12O6/c7-4(5(11)12)2-1-3-10-6(8)9;7-1-2(8)4(10)6(12)5(11)3(1)9/h4H,1-3,7H2,(H,11,12)(H4,8,9,10);1-12H. The zero-order chi connectivity index (χ0) is 19.0. The molecule has 1 unspecified atom stereocenters. The van der Waals surface area contributed by atoms with Gasteiger partial charge in [-0.2, -0.15) is 0 Å². The highest BCUT2D eigenvalue weighted by Gasteiger charge is 2.47. The largest absolute Gasteiger partial charge is 0.480 e. The maximum absolute atomic E-state index is 10.2. The summed E-state index contributed by atoms with van der Waals surface area (Å²) in [7, 11) is 0. The van der Waals surface area contributed by atoms with Crippen molar-refractivity contribution in [1.82, 2.24) is 0 Å². The summed E-state index contributed by atoms with van der Waals surface area (Å²) in [6.45, 7) is 0.420. The number of carboxylic acids is 1. The van der Waals surface area contributed by atoms with Gasteiger partial charge in [0.25, 0.3) is 0 Å². The number of aliphatic carboxylic acids is 1. The number of carboxylic acid groups (broad SMARTS) is 1. The van der Waals surface area contributed by atoms with Gasteiger partial charge in [0.05, 0.1) is 0 Å². The van der Waals surface area contributed by atoms with Gasteiger partial charge in [-0.15, -0.1) is 0 Å². The van der Waals surface area contributed by atoms with E-state index in [4.69, 9.17) is 52.9 Å². The Hall–Kier alpha value is -1.54. The SMILES string of the molecule is NC(N)=NCCCC(N)C(=O)O.OC1C(O)C(O)C(O)C(O)C1O. The smallest absolute Gasteiger partial charge is 0.320 e. The van der Waals surface area contributed by atoms with Gasteiger partial charge in [0.1, 0.15) is 42.7 Å². The van der Waals surface area contributed by atoms with Crippen LogP contribution in [0.1, 0.15) is 12.8 Å². The van der Waals surface area contributed by atoms with Gasteiger partial charge in [0.2, 0.25) is 0 Å².